The summed E-state index contributed by atoms with van der Waals surface area (Å²) in [6.45, 7) is 1.63. The Morgan fingerprint density at radius 2 is 0.865 bits per heavy atom. The number of thioether (sulfide) groups is 2. The summed E-state index contributed by atoms with van der Waals surface area (Å²) < 4.78 is 74.1. The zero-order valence-electron chi connectivity index (χ0n) is 30.8. The van der Waals surface area contributed by atoms with Crippen LogP contribution in [-0.2, 0) is 20.2 Å². The zero-order valence-corrected chi connectivity index (χ0v) is 34.0. The molecule has 0 atom stereocenters. The molecular weight excluding hydrogens is 753 g/mol. The lowest BCUT2D eigenvalue weighted by Crippen LogP contribution is -2.30. The Kier molecular flexibility index (Phi) is 17.3. The van der Waals surface area contributed by atoms with Crippen LogP contribution in [0.4, 0.5) is 11.4 Å². The molecule has 0 fully saturated rings. The highest BCUT2D eigenvalue weighted by atomic mass is 32.2. The maximum atomic E-state index is 9.19. The van der Waals surface area contributed by atoms with Crippen molar-refractivity contribution < 1.29 is 44.9 Å². The van der Waals surface area contributed by atoms with Crippen LogP contribution >= 0.6 is 23.5 Å². The highest BCUT2D eigenvalue weighted by molar-refractivity contribution is 7.99. The molecule has 0 amide bonds. The molecule has 52 heavy (non-hydrogen) atoms. The summed E-state index contributed by atoms with van der Waals surface area (Å²) in [5.41, 5.74) is 5.69. The Morgan fingerprint density at radius 1 is 0.596 bits per heavy atom. The fraction of sp³-hybridized carbons (Fsp3) is 0.353. The third kappa shape index (κ3) is 14.2. The molecule has 286 valence electrons. The molecule has 14 nitrogen and oxygen atoms in total. The van der Waals surface area contributed by atoms with Crippen molar-refractivity contribution in [1.29, 1.82) is 0 Å². The Balaban J connectivity index is 0.000000825. The number of methoxy groups -OCH3 is 4. The van der Waals surface area contributed by atoms with Gasteiger partial charge >= 0.3 is 0 Å². The van der Waals surface area contributed by atoms with Crippen LogP contribution in [0.5, 0.6) is 23.0 Å². The first-order chi connectivity index (χ1) is 24.4. The maximum Gasteiger partial charge on any atom is 0.261 e. The average Bonchev–Trinajstić information content (AvgIpc) is 3.11. The number of hydrogen-bond acceptors (Lipinski definition) is 14. The largest absolute Gasteiger partial charge is 0.495 e. The Labute approximate surface area is 315 Å². The lowest BCUT2D eigenvalue weighted by molar-refractivity contribution is 0.376. The number of rotatable bonds is 13. The number of benzene rings is 2. The van der Waals surface area contributed by atoms with Gasteiger partial charge in [-0.05, 0) is 61.0 Å². The summed E-state index contributed by atoms with van der Waals surface area (Å²) in [6.07, 6.45) is 9.25. The monoisotopic (exact) mass is 798 g/mol. The topological polar surface area (TPSA) is 178 Å². The highest BCUT2D eigenvalue weighted by Gasteiger charge is 2.15. The Morgan fingerprint density at radius 3 is 1.06 bits per heavy atom. The molecule has 0 saturated heterocycles. The van der Waals surface area contributed by atoms with E-state index in [0.717, 1.165) is 79.8 Å². The van der Waals surface area contributed by atoms with Gasteiger partial charge in [-0.3, -0.25) is 19.1 Å². The fourth-order valence-electron chi connectivity index (χ4n) is 4.58. The first kappa shape index (κ1) is 44.2. The second-order valence-electron chi connectivity index (χ2n) is 10.9. The van der Waals surface area contributed by atoms with Crippen molar-refractivity contribution in [3.63, 3.8) is 0 Å². The van der Waals surface area contributed by atoms with Gasteiger partial charge in [-0.15, -0.1) is 23.5 Å². The number of hydrogen-bond donors (Lipinski definition) is 2. The van der Waals surface area contributed by atoms with Crippen molar-refractivity contribution in [2.24, 2.45) is 0 Å². The highest BCUT2D eigenvalue weighted by Crippen LogP contribution is 2.41. The Hall–Kier alpha value is -3.94. The first-order valence-corrected chi connectivity index (χ1v) is 21.3. The molecule has 0 aliphatic heterocycles. The van der Waals surface area contributed by atoms with Gasteiger partial charge in [-0.1, -0.05) is 0 Å². The van der Waals surface area contributed by atoms with Gasteiger partial charge in [-0.2, -0.15) is 16.8 Å². The van der Waals surface area contributed by atoms with Gasteiger partial charge in [-0.25, -0.2) is 0 Å². The predicted molar refractivity (Wildman–Crippen MR) is 211 cm³/mol. The van der Waals surface area contributed by atoms with E-state index < -0.39 is 20.2 Å². The molecule has 2 heterocycles. The third-order valence-electron chi connectivity index (χ3n) is 7.07. The van der Waals surface area contributed by atoms with E-state index >= 15 is 0 Å². The van der Waals surface area contributed by atoms with E-state index in [1.807, 2.05) is 61.3 Å². The lowest BCUT2D eigenvalue weighted by Gasteiger charge is -2.25. The quantitative estimate of drug-likeness (QED) is 0.121. The zero-order chi connectivity index (χ0) is 39.2. The number of ether oxygens (including phenoxy) is 4. The standard InChI is InChI=1S/C32H38N4O4S2.2CH4O3S/c1-35(23-9-11-25(33-19-23)21-15-27(37-3)31(41-7)28(16-21)38-4)13-14-36(2)24-10-12-26(34-20-24)22-17-29(39-5)32(42-8)30(18-22)40-6;2*1-5(2,3)4/h9-12,15-20H,13-14H2,1-8H3;2*1H3,(H,2,3,4). The molecule has 2 aromatic carbocycles. The Bertz CT molecular complexity index is 1750. The summed E-state index contributed by atoms with van der Waals surface area (Å²) in [4.78, 5) is 15.8. The van der Waals surface area contributed by atoms with E-state index in [2.05, 4.69) is 36.0 Å². The predicted octanol–water partition coefficient (Wildman–Crippen LogP) is 5.87. The van der Waals surface area contributed by atoms with Crippen LogP contribution in [0.15, 0.2) is 70.7 Å². The van der Waals surface area contributed by atoms with Crippen molar-refractivity contribution in [2.75, 3.05) is 90.4 Å². The van der Waals surface area contributed by atoms with E-state index in [-0.39, 0.29) is 0 Å². The van der Waals surface area contributed by atoms with Crippen LogP contribution in [0.3, 0.4) is 0 Å². The van der Waals surface area contributed by atoms with Gasteiger partial charge in [0.05, 0.1) is 85.9 Å². The van der Waals surface area contributed by atoms with Crippen LogP contribution < -0.4 is 28.7 Å². The van der Waals surface area contributed by atoms with Crippen molar-refractivity contribution in [3.8, 4) is 45.5 Å². The van der Waals surface area contributed by atoms with E-state index in [4.69, 9.17) is 38.0 Å². The average molecular weight is 799 g/mol. The van der Waals surface area contributed by atoms with Crippen LogP contribution in [-0.4, -0.2) is 117 Å². The second kappa shape index (κ2) is 20.3. The van der Waals surface area contributed by atoms with E-state index in [0.29, 0.717) is 12.5 Å². The molecule has 4 aromatic rings. The molecule has 0 saturated carbocycles. The number of anilines is 2. The molecule has 0 spiro atoms. The van der Waals surface area contributed by atoms with Crippen molar-refractivity contribution in [2.45, 2.75) is 9.79 Å². The summed E-state index contributed by atoms with van der Waals surface area (Å²) in [5, 5.41) is 0. The molecule has 0 radical (unpaired) electrons. The summed E-state index contributed by atoms with van der Waals surface area (Å²) in [5.74, 6) is 3.11. The van der Waals surface area contributed by atoms with Gasteiger partial charge in [0, 0.05) is 38.3 Å². The smallest absolute Gasteiger partial charge is 0.261 e. The van der Waals surface area contributed by atoms with Gasteiger partial charge in [0.25, 0.3) is 20.2 Å². The SMILES string of the molecule is COc1cc(-c2ccc(N(C)CCN(C)c3ccc(-c4cc(OC)c(SC)c(OC)c4)nc3)cn2)cc(OC)c1SC.CS(=O)(=O)O.CS(=O)(=O)O. The van der Waals surface area contributed by atoms with E-state index in [9.17, 15) is 16.8 Å². The first-order valence-electron chi connectivity index (χ1n) is 15.2. The van der Waals surface area contributed by atoms with Gasteiger partial charge < -0.3 is 28.7 Å². The second-order valence-corrected chi connectivity index (χ2v) is 15.5. The number of aromatic nitrogens is 2. The molecule has 0 aliphatic rings. The van der Waals surface area contributed by atoms with E-state index in [1.54, 1.807) is 52.0 Å². The molecule has 0 unspecified atom stereocenters. The van der Waals surface area contributed by atoms with Crippen LogP contribution in [0.1, 0.15) is 0 Å². The van der Waals surface area contributed by atoms with Gasteiger partial charge in [0.15, 0.2) is 0 Å². The van der Waals surface area contributed by atoms with Crippen LogP contribution in [0.2, 0.25) is 0 Å². The van der Waals surface area contributed by atoms with Gasteiger partial charge in [0.1, 0.15) is 23.0 Å². The summed E-state index contributed by atoms with van der Waals surface area (Å²) in [6, 6.07) is 16.2. The lowest BCUT2D eigenvalue weighted by atomic mass is 10.1. The molecule has 0 aliphatic carbocycles. The van der Waals surface area contributed by atoms with Crippen LogP contribution in [0, 0.1) is 0 Å². The van der Waals surface area contributed by atoms with Crippen molar-refractivity contribution in [1.82, 2.24) is 9.97 Å². The summed E-state index contributed by atoms with van der Waals surface area (Å²) >= 11 is 3.19. The number of likely N-dealkylation sites (N-methyl/N-ethyl adjacent to an activating group) is 2. The minimum atomic E-state index is -3.67. The van der Waals surface area contributed by atoms with E-state index in [1.165, 1.54) is 0 Å². The van der Waals surface area contributed by atoms with Crippen molar-refractivity contribution in [3.05, 3.63) is 60.9 Å². The van der Waals surface area contributed by atoms with Gasteiger partial charge in [0.2, 0.25) is 0 Å². The van der Waals surface area contributed by atoms with Crippen molar-refractivity contribution >= 4 is 55.1 Å². The number of pyridine rings is 2. The number of nitrogens with zero attached hydrogens (tertiary/aromatic N) is 4. The minimum Gasteiger partial charge on any atom is -0.495 e. The normalized spacial score (nSPS) is 10.9. The molecular formula is C34H46N4O10S4. The fourth-order valence-corrected chi connectivity index (χ4v) is 5.96. The summed E-state index contributed by atoms with van der Waals surface area (Å²) in [7, 11) is 3.50. The molecule has 0 bridgehead atoms. The molecule has 2 aromatic heterocycles. The maximum absolute atomic E-state index is 9.19. The molecule has 4 rings (SSSR count). The molecule has 18 heteroatoms. The third-order valence-corrected chi connectivity index (χ3v) is 8.69. The minimum absolute atomic E-state index is 0.715. The molecule has 2 N–H and O–H groups in total. The van der Waals surface area contributed by atoms with Crippen LogP contribution in [0.25, 0.3) is 22.5 Å².